The predicted molar refractivity (Wildman–Crippen MR) is 85.7 cm³/mol. The van der Waals surface area contributed by atoms with E-state index in [-0.39, 0.29) is 6.09 Å². The molecule has 0 fully saturated rings. The summed E-state index contributed by atoms with van der Waals surface area (Å²) in [6, 6.07) is 0. The quantitative estimate of drug-likeness (QED) is 0.384. The third-order valence-electron chi connectivity index (χ3n) is 3.56. The fraction of sp³-hybridized carbons (Fsp3) is 0.824. The number of amides is 1. The molecular weight excluding hydrogens is 250 g/mol. The summed E-state index contributed by atoms with van der Waals surface area (Å²) < 4.78 is 5.30. The Balaban J connectivity index is 4.18. The van der Waals surface area contributed by atoms with Gasteiger partial charge < -0.3 is 10.1 Å². The Morgan fingerprint density at radius 2 is 1.55 bits per heavy atom. The Bertz CT molecular complexity index is 264. The van der Waals surface area contributed by atoms with E-state index in [4.69, 9.17) is 4.74 Å². The molecule has 1 N–H and O–H groups in total. The van der Waals surface area contributed by atoms with Crippen molar-refractivity contribution in [2.24, 2.45) is 5.92 Å². The molecule has 0 spiro atoms. The maximum absolute atomic E-state index is 11.5. The Morgan fingerprint density at radius 3 is 2.10 bits per heavy atom. The van der Waals surface area contributed by atoms with Gasteiger partial charge in [-0.1, -0.05) is 65.4 Å². The highest BCUT2D eigenvalue weighted by Crippen LogP contribution is 2.25. The van der Waals surface area contributed by atoms with Gasteiger partial charge in [-0.05, 0) is 19.8 Å². The van der Waals surface area contributed by atoms with Gasteiger partial charge in [0.1, 0.15) is 5.76 Å². The molecule has 0 aromatic heterocycles. The highest BCUT2D eigenvalue weighted by molar-refractivity contribution is 5.68. The van der Waals surface area contributed by atoms with Crippen molar-refractivity contribution in [3.8, 4) is 0 Å². The van der Waals surface area contributed by atoms with Crippen LogP contribution in [0, 0.1) is 5.92 Å². The highest BCUT2D eigenvalue weighted by Gasteiger charge is 2.16. The largest absolute Gasteiger partial charge is 0.415 e. The van der Waals surface area contributed by atoms with Gasteiger partial charge in [-0.2, -0.15) is 0 Å². The van der Waals surface area contributed by atoms with Crippen molar-refractivity contribution in [2.45, 2.75) is 78.6 Å². The minimum absolute atomic E-state index is 0.320. The molecule has 1 amide bonds. The number of nitrogens with one attached hydrogen (secondary N) is 1. The van der Waals surface area contributed by atoms with Crippen molar-refractivity contribution in [3.05, 3.63) is 12.3 Å². The zero-order valence-electron chi connectivity index (χ0n) is 13.7. The first-order valence-electron chi connectivity index (χ1n) is 8.30. The van der Waals surface area contributed by atoms with E-state index in [1.165, 1.54) is 44.9 Å². The summed E-state index contributed by atoms with van der Waals surface area (Å²) in [7, 11) is 0. The second-order valence-electron chi connectivity index (χ2n) is 5.43. The minimum Gasteiger partial charge on any atom is -0.415 e. The first kappa shape index (κ1) is 19.0. The lowest BCUT2D eigenvalue weighted by Crippen LogP contribution is -2.25. The van der Waals surface area contributed by atoms with Crippen LogP contribution in [0.4, 0.5) is 4.79 Å². The smallest absolute Gasteiger partial charge is 0.412 e. The van der Waals surface area contributed by atoms with Gasteiger partial charge >= 0.3 is 6.09 Å². The van der Waals surface area contributed by atoms with Gasteiger partial charge in [0.15, 0.2) is 0 Å². The molecule has 0 saturated carbocycles. The van der Waals surface area contributed by atoms with Crippen molar-refractivity contribution in [1.29, 1.82) is 0 Å². The fourth-order valence-electron chi connectivity index (χ4n) is 2.31. The normalized spacial score (nSPS) is 11.9. The van der Waals surface area contributed by atoms with Crippen LogP contribution in [0.2, 0.25) is 0 Å². The van der Waals surface area contributed by atoms with Gasteiger partial charge in [0.25, 0.3) is 0 Å². The number of hydrogen-bond acceptors (Lipinski definition) is 2. The molecule has 0 aromatic carbocycles. The second-order valence-corrected chi connectivity index (χ2v) is 5.43. The summed E-state index contributed by atoms with van der Waals surface area (Å²) in [6.45, 7) is 10.9. The van der Waals surface area contributed by atoms with Gasteiger partial charge in [-0.25, -0.2) is 4.79 Å². The standard InChI is InChI=1S/C17H33NO2/c1-5-8-10-12-14-16(13-11-9-6-2)15(4)20-17(19)18-7-3/h16H,4-14H2,1-3H3,(H,18,19). The van der Waals surface area contributed by atoms with E-state index >= 15 is 0 Å². The maximum Gasteiger partial charge on any atom is 0.412 e. The Hall–Kier alpha value is -0.990. The molecule has 1 unspecified atom stereocenters. The molecule has 0 aliphatic heterocycles. The zero-order valence-corrected chi connectivity index (χ0v) is 13.7. The molecule has 0 heterocycles. The average Bonchev–Trinajstić information content (AvgIpc) is 2.41. The van der Waals surface area contributed by atoms with Crippen molar-refractivity contribution < 1.29 is 9.53 Å². The number of carbonyl (C=O) groups excluding carboxylic acids is 1. The Kier molecular flexibility index (Phi) is 12.4. The van der Waals surface area contributed by atoms with E-state index in [1.54, 1.807) is 0 Å². The molecule has 0 bridgehead atoms. The van der Waals surface area contributed by atoms with Crippen molar-refractivity contribution in [2.75, 3.05) is 6.54 Å². The van der Waals surface area contributed by atoms with Crippen LogP contribution in [0.5, 0.6) is 0 Å². The van der Waals surface area contributed by atoms with E-state index in [1.807, 2.05) is 6.92 Å². The predicted octanol–water partition coefficient (Wildman–Crippen LogP) is 5.41. The molecule has 118 valence electrons. The van der Waals surface area contributed by atoms with Gasteiger partial charge in [-0.3, -0.25) is 0 Å². The summed E-state index contributed by atoms with van der Waals surface area (Å²) in [5, 5.41) is 2.65. The lowest BCUT2D eigenvalue weighted by atomic mass is 9.93. The zero-order chi connectivity index (χ0) is 15.2. The molecule has 3 nitrogen and oxygen atoms in total. The van der Waals surface area contributed by atoms with Crippen molar-refractivity contribution in [1.82, 2.24) is 5.32 Å². The van der Waals surface area contributed by atoms with Crippen molar-refractivity contribution >= 4 is 6.09 Å². The topological polar surface area (TPSA) is 38.3 Å². The van der Waals surface area contributed by atoms with Gasteiger partial charge in [0.2, 0.25) is 0 Å². The number of alkyl carbamates (subject to hydrolysis) is 1. The molecule has 3 heteroatoms. The van der Waals surface area contributed by atoms with Gasteiger partial charge in [0, 0.05) is 12.5 Å². The van der Waals surface area contributed by atoms with Crippen LogP contribution in [-0.2, 0) is 4.74 Å². The number of hydrogen-bond donors (Lipinski definition) is 1. The van der Waals surface area contributed by atoms with E-state index < -0.39 is 0 Å². The molecule has 0 aromatic rings. The van der Waals surface area contributed by atoms with Gasteiger partial charge in [0.05, 0.1) is 0 Å². The van der Waals surface area contributed by atoms with E-state index in [9.17, 15) is 4.79 Å². The van der Waals surface area contributed by atoms with E-state index in [0.29, 0.717) is 18.2 Å². The Labute approximate surface area is 125 Å². The van der Waals surface area contributed by atoms with Crippen LogP contribution >= 0.6 is 0 Å². The molecule has 0 radical (unpaired) electrons. The lowest BCUT2D eigenvalue weighted by molar-refractivity contribution is 0.161. The fourth-order valence-corrected chi connectivity index (χ4v) is 2.31. The van der Waals surface area contributed by atoms with E-state index in [0.717, 1.165) is 12.8 Å². The minimum atomic E-state index is -0.369. The third-order valence-corrected chi connectivity index (χ3v) is 3.56. The number of rotatable bonds is 12. The lowest BCUT2D eigenvalue weighted by Gasteiger charge is -2.19. The molecular formula is C17H33NO2. The molecule has 20 heavy (non-hydrogen) atoms. The molecule has 0 aliphatic rings. The van der Waals surface area contributed by atoms with Crippen molar-refractivity contribution in [3.63, 3.8) is 0 Å². The van der Waals surface area contributed by atoms with Crippen LogP contribution in [0.1, 0.15) is 78.6 Å². The van der Waals surface area contributed by atoms with Crippen LogP contribution in [-0.4, -0.2) is 12.6 Å². The maximum atomic E-state index is 11.5. The van der Waals surface area contributed by atoms with Crippen LogP contribution in [0.25, 0.3) is 0 Å². The summed E-state index contributed by atoms with van der Waals surface area (Å²) in [4.78, 5) is 11.5. The summed E-state index contributed by atoms with van der Waals surface area (Å²) >= 11 is 0. The van der Waals surface area contributed by atoms with Crippen LogP contribution in [0.3, 0.4) is 0 Å². The number of unbranched alkanes of at least 4 members (excludes halogenated alkanes) is 5. The summed E-state index contributed by atoms with van der Waals surface area (Å²) in [6.07, 6.45) is 10.4. The Morgan fingerprint density at radius 1 is 1.00 bits per heavy atom. The third kappa shape index (κ3) is 9.88. The first-order valence-corrected chi connectivity index (χ1v) is 8.30. The van der Waals surface area contributed by atoms with Gasteiger partial charge in [-0.15, -0.1) is 0 Å². The average molecular weight is 283 g/mol. The molecule has 1 atom stereocenters. The monoisotopic (exact) mass is 283 g/mol. The number of carbonyl (C=O) groups is 1. The SMILES string of the molecule is C=C(OC(=O)NCC)C(CCCCC)CCCCCC. The van der Waals surface area contributed by atoms with Crippen LogP contribution < -0.4 is 5.32 Å². The molecule has 0 aliphatic carbocycles. The molecule has 0 rings (SSSR count). The second kappa shape index (κ2) is 13.0. The number of allylic oxidation sites excluding steroid dienone is 1. The molecule has 0 saturated heterocycles. The van der Waals surface area contributed by atoms with E-state index in [2.05, 4.69) is 25.7 Å². The number of ether oxygens (including phenoxy) is 1. The summed E-state index contributed by atoms with van der Waals surface area (Å²) in [5.74, 6) is 0.963. The highest BCUT2D eigenvalue weighted by atomic mass is 16.6. The van der Waals surface area contributed by atoms with Crippen LogP contribution in [0.15, 0.2) is 12.3 Å². The first-order chi connectivity index (χ1) is 9.65. The summed E-state index contributed by atoms with van der Waals surface area (Å²) in [5.41, 5.74) is 0.